The number of hydrogen-bond acceptors (Lipinski definition) is 5. The summed E-state index contributed by atoms with van der Waals surface area (Å²) in [5, 5.41) is 11.4. The Bertz CT molecular complexity index is 605. The molecular formula is C16H20N2O5S. The predicted octanol–water partition coefficient (Wildman–Crippen LogP) is 0.730. The topological polar surface area (TPSA) is 95.9 Å². The van der Waals surface area contributed by atoms with E-state index in [1.165, 1.54) is 6.92 Å². The summed E-state index contributed by atoms with van der Waals surface area (Å²) in [5.41, 5.74) is 1.00. The molecular weight excluding hydrogens is 332 g/mol. The van der Waals surface area contributed by atoms with Crippen molar-refractivity contribution in [2.24, 2.45) is 0 Å². The van der Waals surface area contributed by atoms with Gasteiger partial charge in [0.25, 0.3) is 0 Å². The Morgan fingerprint density at radius 1 is 1.33 bits per heavy atom. The second-order valence-electron chi connectivity index (χ2n) is 5.37. The lowest BCUT2D eigenvalue weighted by Crippen LogP contribution is -2.46. The summed E-state index contributed by atoms with van der Waals surface area (Å²) in [5.74, 6) is 0.442. The van der Waals surface area contributed by atoms with Gasteiger partial charge in [-0.15, -0.1) is 11.8 Å². The van der Waals surface area contributed by atoms with Gasteiger partial charge < -0.3 is 20.1 Å². The van der Waals surface area contributed by atoms with Gasteiger partial charge in [0.2, 0.25) is 11.8 Å². The fourth-order valence-corrected chi connectivity index (χ4v) is 3.53. The molecule has 2 N–H and O–H groups in total. The van der Waals surface area contributed by atoms with Gasteiger partial charge in [0.05, 0.1) is 5.88 Å². The molecule has 0 bridgehead atoms. The molecule has 1 atom stereocenters. The highest BCUT2D eigenvalue weighted by molar-refractivity contribution is 7.99. The Morgan fingerprint density at radius 3 is 2.67 bits per heavy atom. The second kappa shape index (κ2) is 8.58. The summed E-state index contributed by atoms with van der Waals surface area (Å²) in [7, 11) is 0. The first-order chi connectivity index (χ1) is 11.5. The minimum absolute atomic E-state index is 0.0860. The minimum atomic E-state index is -1.02. The number of nitrogens with zero attached hydrogens (tertiary/aromatic N) is 1. The summed E-state index contributed by atoms with van der Waals surface area (Å²) in [6.07, 6.45) is 0.644. The molecule has 2 amide bonds. The maximum atomic E-state index is 12.2. The van der Waals surface area contributed by atoms with Crippen molar-refractivity contribution < 1.29 is 24.2 Å². The molecule has 0 spiro atoms. The number of carboxylic acid groups (broad SMARTS) is 1. The predicted molar refractivity (Wildman–Crippen MR) is 89.9 cm³/mol. The van der Waals surface area contributed by atoms with Crippen molar-refractivity contribution in [3.05, 3.63) is 29.8 Å². The van der Waals surface area contributed by atoms with Crippen molar-refractivity contribution >= 4 is 29.5 Å². The average molecular weight is 352 g/mol. The van der Waals surface area contributed by atoms with E-state index in [0.717, 1.165) is 5.56 Å². The van der Waals surface area contributed by atoms with Crippen LogP contribution < -0.4 is 10.1 Å². The van der Waals surface area contributed by atoms with Crippen LogP contribution in [0.25, 0.3) is 0 Å². The van der Waals surface area contributed by atoms with Crippen LogP contribution in [0.5, 0.6) is 5.75 Å². The number of rotatable bonds is 7. The molecule has 1 aliphatic heterocycles. The lowest BCUT2D eigenvalue weighted by Gasteiger charge is -2.21. The molecule has 1 unspecified atom stereocenters. The van der Waals surface area contributed by atoms with E-state index < -0.39 is 5.97 Å². The SMILES string of the molecule is CC(=O)N1CSCC1C(=O)NCCc1ccc(OCC(=O)O)cc1. The zero-order valence-corrected chi connectivity index (χ0v) is 14.2. The van der Waals surface area contributed by atoms with Crippen molar-refractivity contribution in [3.63, 3.8) is 0 Å². The zero-order chi connectivity index (χ0) is 17.5. The molecule has 1 aromatic carbocycles. The van der Waals surface area contributed by atoms with Crippen LogP contribution in [-0.2, 0) is 20.8 Å². The number of nitrogens with one attached hydrogen (secondary N) is 1. The third-order valence-electron chi connectivity index (χ3n) is 3.59. The number of carbonyl (C=O) groups excluding carboxylic acids is 2. The molecule has 1 saturated heterocycles. The van der Waals surface area contributed by atoms with Crippen LogP contribution in [-0.4, -0.2) is 58.6 Å². The normalized spacial score (nSPS) is 16.7. The quantitative estimate of drug-likeness (QED) is 0.751. The number of ether oxygens (including phenoxy) is 1. The number of amides is 2. The molecule has 24 heavy (non-hydrogen) atoms. The lowest BCUT2D eigenvalue weighted by atomic mass is 10.1. The van der Waals surface area contributed by atoms with Gasteiger partial charge in [0.1, 0.15) is 11.8 Å². The number of aliphatic carboxylic acids is 1. The monoisotopic (exact) mass is 352 g/mol. The Kier molecular flexibility index (Phi) is 6.48. The highest BCUT2D eigenvalue weighted by Gasteiger charge is 2.32. The molecule has 8 heteroatoms. The molecule has 1 heterocycles. The fraction of sp³-hybridized carbons (Fsp3) is 0.438. The summed E-state index contributed by atoms with van der Waals surface area (Å²) < 4.78 is 5.06. The van der Waals surface area contributed by atoms with Gasteiger partial charge >= 0.3 is 5.97 Å². The smallest absolute Gasteiger partial charge is 0.341 e. The van der Waals surface area contributed by atoms with E-state index in [-0.39, 0.29) is 24.5 Å². The molecule has 2 rings (SSSR count). The van der Waals surface area contributed by atoms with Crippen LogP contribution >= 0.6 is 11.8 Å². The lowest BCUT2D eigenvalue weighted by molar-refractivity contribution is -0.139. The number of thioether (sulfide) groups is 1. The molecule has 7 nitrogen and oxygen atoms in total. The molecule has 1 fully saturated rings. The Labute approximate surface area is 144 Å². The van der Waals surface area contributed by atoms with Crippen LogP contribution in [0.3, 0.4) is 0 Å². The first-order valence-corrected chi connectivity index (χ1v) is 8.69. The van der Waals surface area contributed by atoms with Crippen molar-refractivity contribution in [2.75, 3.05) is 24.8 Å². The third-order valence-corrected chi connectivity index (χ3v) is 4.60. The average Bonchev–Trinajstić information content (AvgIpc) is 3.04. The summed E-state index contributed by atoms with van der Waals surface area (Å²) in [4.78, 5) is 35.6. The molecule has 0 saturated carbocycles. The van der Waals surface area contributed by atoms with Crippen LogP contribution in [0.15, 0.2) is 24.3 Å². The fourth-order valence-electron chi connectivity index (χ4n) is 2.32. The molecule has 0 aromatic heterocycles. The van der Waals surface area contributed by atoms with E-state index in [2.05, 4.69) is 5.32 Å². The van der Waals surface area contributed by atoms with Gasteiger partial charge in [-0.2, -0.15) is 0 Å². The zero-order valence-electron chi connectivity index (χ0n) is 13.4. The maximum Gasteiger partial charge on any atom is 0.341 e. The van der Waals surface area contributed by atoms with Gasteiger partial charge in [0.15, 0.2) is 6.61 Å². The van der Waals surface area contributed by atoms with Crippen molar-refractivity contribution in [3.8, 4) is 5.75 Å². The van der Waals surface area contributed by atoms with Gasteiger partial charge in [-0.05, 0) is 24.1 Å². The Hall–Kier alpha value is -2.22. The first-order valence-electron chi connectivity index (χ1n) is 7.53. The number of benzene rings is 1. The van der Waals surface area contributed by atoms with Gasteiger partial charge in [-0.3, -0.25) is 9.59 Å². The van der Waals surface area contributed by atoms with E-state index in [9.17, 15) is 14.4 Å². The number of hydrogen-bond donors (Lipinski definition) is 2. The summed E-state index contributed by atoms with van der Waals surface area (Å²) in [6, 6.07) is 6.67. The number of carboxylic acids is 1. The van der Waals surface area contributed by atoms with Crippen LogP contribution in [0, 0.1) is 0 Å². The number of carbonyl (C=O) groups is 3. The third kappa shape index (κ3) is 5.16. The van der Waals surface area contributed by atoms with Crippen molar-refractivity contribution in [2.45, 2.75) is 19.4 Å². The van der Waals surface area contributed by atoms with E-state index >= 15 is 0 Å². The highest BCUT2D eigenvalue weighted by Crippen LogP contribution is 2.20. The van der Waals surface area contributed by atoms with Crippen LogP contribution in [0.2, 0.25) is 0 Å². The van der Waals surface area contributed by atoms with Crippen molar-refractivity contribution in [1.29, 1.82) is 0 Å². The van der Waals surface area contributed by atoms with E-state index in [4.69, 9.17) is 9.84 Å². The highest BCUT2D eigenvalue weighted by atomic mass is 32.2. The van der Waals surface area contributed by atoms with Gasteiger partial charge in [-0.1, -0.05) is 12.1 Å². The molecule has 0 radical (unpaired) electrons. The van der Waals surface area contributed by atoms with E-state index in [1.54, 1.807) is 28.8 Å². The van der Waals surface area contributed by atoms with Gasteiger partial charge in [-0.25, -0.2) is 4.79 Å². The van der Waals surface area contributed by atoms with E-state index in [0.29, 0.717) is 30.3 Å². The standard InChI is InChI=1S/C16H20N2O5S/c1-11(19)18-10-24-9-14(18)16(22)17-7-6-12-2-4-13(5-3-12)23-8-15(20)21/h2-5,14H,6-10H2,1H3,(H,17,22)(H,20,21). The Morgan fingerprint density at radius 2 is 2.04 bits per heavy atom. The van der Waals surface area contributed by atoms with Crippen LogP contribution in [0.1, 0.15) is 12.5 Å². The maximum absolute atomic E-state index is 12.2. The van der Waals surface area contributed by atoms with Gasteiger partial charge in [0, 0.05) is 19.2 Å². The Balaban J connectivity index is 1.76. The summed E-state index contributed by atoms with van der Waals surface area (Å²) in [6.45, 7) is 1.57. The van der Waals surface area contributed by atoms with Crippen molar-refractivity contribution in [1.82, 2.24) is 10.2 Å². The molecule has 1 aliphatic rings. The molecule has 1 aromatic rings. The van der Waals surface area contributed by atoms with E-state index in [1.807, 2.05) is 12.1 Å². The van der Waals surface area contributed by atoms with Crippen LogP contribution in [0.4, 0.5) is 0 Å². The first kappa shape index (κ1) is 18.1. The second-order valence-corrected chi connectivity index (χ2v) is 6.37. The molecule has 0 aliphatic carbocycles. The minimum Gasteiger partial charge on any atom is -0.482 e. The summed E-state index contributed by atoms with van der Waals surface area (Å²) >= 11 is 1.57. The largest absolute Gasteiger partial charge is 0.482 e. The molecule has 130 valence electrons.